The van der Waals surface area contributed by atoms with E-state index in [0.717, 1.165) is 28.1 Å². The van der Waals surface area contributed by atoms with Gasteiger partial charge in [0.1, 0.15) is 5.75 Å². The third kappa shape index (κ3) is 4.07. The number of benzene rings is 2. The number of aromatic nitrogens is 2. The van der Waals surface area contributed by atoms with Gasteiger partial charge in [-0.3, -0.25) is 10.1 Å². The van der Waals surface area contributed by atoms with Crippen LogP contribution in [0.15, 0.2) is 48.7 Å². The molecule has 25 heavy (non-hydrogen) atoms. The maximum atomic E-state index is 12.1. The molecule has 0 saturated heterocycles. The van der Waals surface area contributed by atoms with Crippen LogP contribution >= 0.6 is 0 Å². The standard InChI is InChI=1S/C20H21N3O2/c1-13-9-14(2)19(15(3)10-13)25-12-18(24)23-20-21-11-17(22-20)16-7-5-4-6-8-16/h4-11H,12H2,1-3H3,(H2,21,22,23,24). The Morgan fingerprint density at radius 2 is 1.80 bits per heavy atom. The summed E-state index contributed by atoms with van der Waals surface area (Å²) in [5.74, 6) is 0.906. The fourth-order valence-corrected chi connectivity index (χ4v) is 2.85. The maximum Gasteiger partial charge on any atom is 0.264 e. The first kappa shape index (κ1) is 16.8. The summed E-state index contributed by atoms with van der Waals surface area (Å²) in [6.45, 7) is 5.93. The number of nitrogens with one attached hydrogen (secondary N) is 2. The van der Waals surface area contributed by atoms with E-state index in [2.05, 4.69) is 15.3 Å². The molecular weight excluding hydrogens is 314 g/mol. The van der Waals surface area contributed by atoms with Crippen molar-refractivity contribution in [3.05, 3.63) is 65.4 Å². The molecule has 2 N–H and O–H groups in total. The summed E-state index contributed by atoms with van der Waals surface area (Å²) in [4.78, 5) is 19.4. The van der Waals surface area contributed by atoms with Crippen LogP contribution < -0.4 is 10.1 Å². The van der Waals surface area contributed by atoms with E-state index >= 15 is 0 Å². The Kier molecular flexibility index (Phi) is 4.84. The van der Waals surface area contributed by atoms with Gasteiger partial charge in [0.15, 0.2) is 6.61 Å². The van der Waals surface area contributed by atoms with Crippen LogP contribution in [0.25, 0.3) is 11.3 Å². The third-order valence-electron chi connectivity index (χ3n) is 3.87. The highest BCUT2D eigenvalue weighted by Gasteiger charge is 2.10. The topological polar surface area (TPSA) is 67.0 Å². The van der Waals surface area contributed by atoms with E-state index in [4.69, 9.17) is 4.74 Å². The number of hydrogen-bond acceptors (Lipinski definition) is 3. The van der Waals surface area contributed by atoms with Gasteiger partial charge in [-0.1, -0.05) is 48.0 Å². The summed E-state index contributed by atoms with van der Waals surface area (Å²) in [5, 5.41) is 2.72. The Morgan fingerprint density at radius 3 is 2.48 bits per heavy atom. The smallest absolute Gasteiger partial charge is 0.264 e. The Bertz CT molecular complexity index is 862. The van der Waals surface area contributed by atoms with Crippen LogP contribution in [-0.4, -0.2) is 22.5 Å². The van der Waals surface area contributed by atoms with Crippen LogP contribution in [-0.2, 0) is 4.79 Å². The molecule has 0 saturated carbocycles. The lowest BCUT2D eigenvalue weighted by Gasteiger charge is -2.12. The first-order valence-electron chi connectivity index (χ1n) is 8.14. The van der Waals surface area contributed by atoms with Crippen molar-refractivity contribution >= 4 is 11.9 Å². The van der Waals surface area contributed by atoms with Crippen LogP contribution in [0.4, 0.5) is 5.95 Å². The lowest BCUT2D eigenvalue weighted by molar-refractivity contribution is -0.118. The molecule has 5 heteroatoms. The molecule has 1 heterocycles. The number of aryl methyl sites for hydroxylation is 3. The van der Waals surface area contributed by atoms with E-state index < -0.39 is 0 Å². The molecule has 0 atom stereocenters. The van der Waals surface area contributed by atoms with Crippen molar-refractivity contribution in [1.29, 1.82) is 0 Å². The van der Waals surface area contributed by atoms with Crippen LogP contribution in [0, 0.1) is 20.8 Å². The van der Waals surface area contributed by atoms with Crippen LogP contribution in [0.1, 0.15) is 16.7 Å². The molecule has 128 valence electrons. The lowest BCUT2D eigenvalue weighted by atomic mass is 10.1. The van der Waals surface area contributed by atoms with E-state index in [1.807, 2.05) is 63.2 Å². The van der Waals surface area contributed by atoms with Gasteiger partial charge in [0, 0.05) is 0 Å². The minimum absolute atomic E-state index is 0.0634. The number of aromatic amines is 1. The van der Waals surface area contributed by atoms with Gasteiger partial charge in [-0.05, 0) is 37.5 Å². The minimum Gasteiger partial charge on any atom is -0.483 e. The Hall–Kier alpha value is -3.08. The highest BCUT2D eigenvalue weighted by molar-refractivity contribution is 5.90. The van der Waals surface area contributed by atoms with Crippen LogP contribution in [0.5, 0.6) is 5.75 Å². The molecule has 0 spiro atoms. The summed E-state index contributed by atoms with van der Waals surface area (Å²) in [7, 11) is 0. The van der Waals surface area contributed by atoms with E-state index in [-0.39, 0.29) is 12.5 Å². The number of carbonyl (C=O) groups excluding carboxylic acids is 1. The largest absolute Gasteiger partial charge is 0.483 e. The molecule has 0 radical (unpaired) electrons. The molecule has 0 fully saturated rings. The average Bonchev–Trinajstić information content (AvgIpc) is 3.03. The summed E-state index contributed by atoms with van der Waals surface area (Å²) >= 11 is 0. The zero-order chi connectivity index (χ0) is 17.8. The zero-order valence-corrected chi connectivity index (χ0v) is 14.6. The number of rotatable bonds is 5. The van der Waals surface area contributed by atoms with Gasteiger partial charge in [-0.2, -0.15) is 0 Å². The van der Waals surface area contributed by atoms with Crippen LogP contribution in [0.3, 0.4) is 0 Å². The van der Waals surface area contributed by atoms with E-state index in [9.17, 15) is 4.79 Å². The molecule has 2 aromatic carbocycles. The molecule has 0 aliphatic rings. The van der Waals surface area contributed by atoms with Crippen LogP contribution in [0.2, 0.25) is 0 Å². The number of carbonyl (C=O) groups is 1. The van der Waals surface area contributed by atoms with Gasteiger partial charge in [0.2, 0.25) is 5.95 Å². The van der Waals surface area contributed by atoms with Gasteiger partial charge in [0.25, 0.3) is 5.91 Å². The molecule has 5 nitrogen and oxygen atoms in total. The second kappa shape index (κ2) is 7.21. The SMILES string of the molecule is Cc1cc(C)c(OCC(=O)Nc2ncc(-c3ccccc3)[nH]2)c(C)c1. The first-order chi connectivity index (χ1) is 12.0. The van der Waals surface area contributed by atoms with E-state index in [1.54, 1.807) is 6.20 Å². The highest BCUT2D eigenvalue weighted by atomic mass is 16.5. The number of nitrogens with zero attached hydrogens (tertiary/aromatic N) is 1. The second-order valence-electron chi connectivity index (χ2n) is 6.08. The zero-order valence-electron chi connectivity index (χ0n) is 14.6. The second-order valence-corrected chi connectivity index (χ2v) is 6.08. The number of ether oxygens (including phenoxy) is 1. The predicted octanol–water partition coefficient (Wildman–Crippen LogP) is 4.02. The Morgan fingerprint density at radius 1 is 1.12 bits per heavy atom. The Labute approximate surface area is 147 Å². The van der Waals surface area contributed by atoms with Crippen molar-refractivity contribution in [3.8, 4) is 17.0 Å². The monoisotopic (exact) mass is 335 g/mol. The van der Waals surface area contributed by atoms with Crippen molar-refractivity contribution in [1.82, 2.24) is 9.97 Å². The fourth-order valence-electron chi connectivity index (χ4n) is 2.85. The first-order valence-corrected chi connectivity index (χ1v) is 8.14. The number of imidazole rings is 1. The molecule has 1 amide bonds. The molecular formula is C20H21N3O2. The van der Waals surface area contributed by atoms with Crippen molar-refractivity contribution in [3.63, 3.8) is 0 Å². The molecule has 3 rings (SSSR count). The molecule has 0 aliphatic carbocycles. The third-order valence-corrected chi connectivity index (χ3v) is 3.87. The summed E-state index contributed by atoms with van der Waals surface area (Å²) < 4.78 is 5.69. The van der Waals surface area contributed by atoms with Gasteiger partial charge in [0.05, 0.1) is 11.9 Å². The van der Waals surface area contributed by atoms with Gasteiger partial charge in [-0.15, -0.1) is 0 Å². The number of anilines is 1. The highest BCUT2D eigenvalue weighted by Crippen LogP contribution is 2.24. The molecule has 0 unspecified atom stereocenters. The maximum absolute atomic E-state index is 12.1. The van der Waals surface area contributed by atoms with Crippen molar-refractivity contribution in [2.75, 3.05) is 11.9 Å². The normalized spacial score (nSPS) is 10.5. The molecule has 3 aromatic rings. The number of hydrogen-bond donors (Lipinski definition) is 2. The number of amides is 1. The van der Waals surface area contributed by atoms with Crippen molar-refractivity contribution < 1.29 is 9.53 Å². The summed E-state index contributed by atoms with van der Waals surface area (Å²) in [6, 6.07) is 13.9. The van der Waals surface area contributed by atoms with Gasteiger partial charge in [-0.25, -0.2) is 4.98 Å². The Balaban J connectivity index is 1.61. The molecule has 0 aliphatic heterocycles. The molecule has 0 bridgehead atoms. The molecule has 1 aromatic heterocycles. The van der Waals surface area contributed by atoms with Gasteiger partial charge >= 0.3 is 0 Å². The number of H-pyrrole nitrogens is 1. The summed E-state index contributed by atoms with van der Waals surface area (Å²) in [5.41, 5.74) is 5.08. The fraction of sp³-hybridized carbons (Fsp3) is 0.200. The average molecular weight is 335 g/mol. The van der Waals surface area contributed by atoms with Crippen molar-refractivity contribution in [2.24, 2.45) is 0 Å². The van der Waals surface area contributed by atoms with E-state index in [0.29, 0.717) is 5.95 Å². The van der Waals surface area contributed by atoms with Gasteiger partial charge < -0.3 is 9.72 Å². The summed E-state index contributed by atoms with van der Waals surface area (Å²) in [6.07, 6.45) is 1.69. The minimum atomic E-state index is -0.256. The van der Waals surface area contributed by atoms with Crippen molar-refractivity contribution in [2.45, 2.75) is 20.8 Å². The lowest BCUT2D eigenvalue weighted by Crippen LogP contribution is -2.21. The van der Waals surface area contributed by atoms with E-state index in [1.165, 1.54) is 5.56 Å². The quantitative estimate of drug-likeness (QED) is 0.740. The predicted molar refractivity (Wildman–Crippen MR) is 98.8 cm³/mol.